The van der Waals surface area contributed by atoms with E-state index in [2.05, 4.69) is 10.2 Å². The average molecular weight is 345 g/mol. The van der Waals surface area contributed by atoms with Crippen LogP contribution in [0.4, 0.5) is 0 Å². The Labute approximate surface area is 146 Å². The fourth-order valence-electron chi connectivity index (χ4n) is 2.86. The van der Waals surface area contributed by atoms with E-state index in [4.69, 9.17) is 9.15 Å². The number of hydrogen-bond acceptors (Lipinski definition) is 5. The molecule has 0 aromatic carbocycles. The first kappa shape index (κ1) is 17.4. The van der Waals surface area contributed by atoms with Gasteiger partial charge in [0.15, 0.2) is 5.76 Å². The van der Waals surface area contributed by atoms with Crippen molar-refractivity contribution in [2.45, 2.75) is 19.5 Å². The van der Waals surface area contributed by atoms with E-state index in [1.54, 1.807) is 30.5 Å². The number of nitrogens with one attached hydrogen (secondary N) is 1. The molecule has 0 saturated carbocycles. The SMILES string of the molecule is CC(CN1CCOCC1)NC(=O)c1ccc(Cn2ccccc2=O)o1. The van der Waals surface area contributed by atoms with Crippen molar-refractivity contribution in [3.05, 3.63) is 58.4 Å². The van der Waals surface area contributed by atoms with Crippen LogP contribution in [-0.4, -0.2) is 54.3 Å². The van der Waals surface area contributed by atoms with Crippen LogP contribution in [0.2, 0.25) is 0 Å². The number of nitrogens with zero attached hydrogens (tertiary/aromatic N) is 2. The van der Waals surface area contributed by atoms with Crippen molar-refractivity contribution in [2.24, 2.45) is 0 Å². The third-order valence-electron chi connectivity index (χ3n) is 4.12. The van der Waals surface area contributed by atoms with Gasteiger partial charge in [0, 0.05) is 37.9 Å². The number of amides is 1. The van der Waals surface area contributed by atoms with Crippen molar-refractivity contribution in [3.8, 4) is 0 Å². The Morgan fingerprint density at radius 2 is 2.04 bits per heavy atom. The van der Waals surface area contributed by atoms with Gasteiger partial charge in [-0.25, -0.2) is 0 Å². The third kappa shape index (κ3) is 4.80. The highest BCUT2D eigenvalue weighted by molar-refractivity contribution is 5.91. The Balaban J connectivity index is 1.55. The van der Waals surface area contributed by atoms with Crippen molar-refractivity contribution >= 4 is 5.91 Å². The van der Waals surface area contributed by atoms with Crippen LogP contribution in [0.5, 0.6) is 0 Å². The van der Waals surface area contributed by atoms with Gasteiger partial charge in [0.25, 0.3) is 11.5 Å². The summed E-state index contributed by atoms with van der Waals surface area (Å²) in [6, 6.07) is 8.34. The maximum Gasteiger partial charge on any atom is 0.287 e. The minimum atomic E-state index is -0.243. The summed E-state index contributed by atoms with van der Waals surface area (Å²) in [4.78, 5) is 26.3. The molecule has 25 heavy (non-hydrogen) atoms. The Kier molecular flexibility index (Phi) is 5.67. The van der Waals surface area contributed by atoms with Crippen LogP contribution in [0.15, 0.2) is 45.7 Å². The molecular formula is C18H23N3O4. The number of carbonyl (C=O) groups is 1. The maximum atomic E-state index is 12.3. The van der Waals surface area contributed by atoms with E-state index in [9.17, 15) is 9.59 Å². The average Bonchev–Trinajstić information content (AvgIpc) is 3.06. The molecule has 2 aromatic rings. The largest absolute Gasteiger partial charge is 0.454 e. The fourth-order valence-corrected chi connectivity index (χ4v) is 2.86. The molecule has 1 unspecified atom stereocenters. The quantitative estimate of drug-likeness (QED) is 0.843. The molecule has 2 aromatic heterocycles. The molecule has 7 heteroatoms. The molecule has 0 aliphatic carbocycles. The van der Waals surface area contributed by atoms with Gasteiger partial charge in [-0.05, 0) is 25.1 Å². The van der Waals surface area contributed by atoms with Crippen molar-refractivity contribution in [1.29, 1.82) is 0 Å². The fraction of sp³-hybridized carbons (Fsp3) is 0.444. The van der Waals surface area contributed by atoms with E-state index >= 15 is 0 Å². The first-order valence-corrected chi connectivity index (χ1v) is 8.47. The van der Waals surface area contributed by atoms with Crippen LogP contribution < -0.4 is 10.9 Å². The smallest absolute Gasteiger partial charge is 0.287 e. The molecule has 3 heterocycles. The van der Waals surface area contributed by atoms with Crippen LogP contribution in [0, 0.1) is 0 Å². The predicted octanol–water partition coefficient (Wildman–Crippen LogP) is 0.940. The predicted molar refractivity (Wildman–Crippen MR) is 92.7 cm³/mol. The van der Waals surface area contributed by atoms with E-state index in [1.165, 1.54) is 10.6 Å². The minimum absolute atomic E-state index is 0.0101. The second-order valence-corrected chi connectivity index (χ2v) is 6.22. The molecule has 1 N–H and O–H groups in total. The lowest BCUT2D eigenvalue weighted by molar-refractivity contribution is 0.0341. The molecule has 7 nitrogen and oxygen atoms in total. The number of carbonyl (C=O) groups excluding carboxylic acids is 1. The molecule has 0 bridgehead atoms. The number of aromatic nitrogens is 1. The molecular weight excluding hydrogens is 322 g/mol. The van der Waals surface area contributed by atoms with Gasteiger partial charge in [-0.15, -0.1) is 0 Å². The van der Waals surface area contributed by atoms with Crippen LogP contribution in [0.1, 0.15) is 23.2 Å². The van der Waals surface area contributed by atoms with Gasteiger partial charge in [-0.2, -0.15) is 0 Å². The van der Waals surface area contributed by atoms with Crippen molar-refractivity contribution in [3.63, 3.8) is 0 Å². The second-order valence-electron chi connectivity index (χ2n) is 6.22. The normalized spacial score (nSPS) is 16.5. The molecule has 0 spiro atoms. The highest BCUT2D eigenvalue weighted by Gasteiger charge is 2.18. The van der Waals surface area contributed by atoms with Gasteiger partial charge in [-0.1, -0.05) is 6.07 Å². The number of morpholine rings is 1. The van der Waals surface area contributed by atoms with E-state index in [-0.39, 0.29) is 23.3 Å². The number of rotatable bonds is 6. The zero-order valence-electron chi connectivity index (χ0n) is 14.3. The number of hydrogen-bond donors (Lipinski definition) is 1. The highest BCUT2D eigenvalue weighted by atomic mass is 16.5. The van der Waals surface area contributed by atoms with Gasteiger partial charge in [0.1, 0.15) is 5.76 Å². The summed E-state index contributed by atoms with van der Waals surface area (Å²) < 4.78 is 12.4. The summed E-state index contributed by atoms with van der Waals surface area (Å²) in [5.41, 5.74) is -0.107. The Bertz CT molecular complexity index is 761. The van der Waals surface area contributed by atoms with Crippen LogP contribution >= 0.6 is 0 Å². The molecule has 1 aliphatic heterocycles. The Morgan fingerprint density at radius 3 is 2.80 bits per heavy atom. The molecule has 1 aliphatic rings. The monoisotopic (exact) mass is 345 g/mol. The van der Waals surface area contributed by atoms with Crippen LogP contribution in [0.3, 0.4) is 0 Å². The summed E-state index contributed by atoms with van der Waals surface area (Å²) >= 11 is 0. The van der Waals surface area contributed by atoms with Gasteiger partial charge >= 0.3 is 0 Å². The lowest BCUT2D eigenvalue weighted by atomic mass is 10.2. The second kappa shape index (κ2) is 8.13. The molecule has 3 rings (SSSR count). The first-order valence-electron chi connectivity index (χ1n) is 8.47. The molecule has 1 fully saturated rings. The topological polar surface area (TPSA) is 76.7 Å². The lowest BCUT2D eigenvalue weighted by Crippen LogP contribution is -2.45. The Morgan fingerprint density at radius 1 is 1.24 bits per heavy atom. The van der Waals surface area contributed by atoms with Crippen molar-refractivity contribution in [1.82, 2.24) is 14.8 Å². The zero-order chi connectivity index (χ0) is 17.6. The van der Waals surface area contributed by atoms with Gasteiger partial charge in [-0.3, -0.25) is 14.5 Å². The summed E-state index contributed by atoms with van der Waals surface area (Å²) in [5, 5.41) is 2.95. The standard InChI is InChI=1S/C18H23N3O4/c1-14(12-20-8-10-24-11-9-20)19-18(23)16-6-5-15(25-16)13-21-7-3-2-4-17(21)22/h2-7,14H,8-13H2,1H3,(H,19,23). The molecule has 134 valence electrons. The maximum absolute atomic E-state index is 12.3. The molecule has 1 atom stereocenters. The van der Waals surface area contributed by atoms with E-state index in [0.29, 0.717) is 12.3 Å². The third-order valence-corrected chi connectivity index (χ3v) is 4.12. The highest BCUT2D eigenvalue weighted by Crippen LogP contribution is 2.09. The van der Waals surface area contributed by atoms with E-state index < -0.39 is 0 Å². The first-order chi connectivity index (χ1) is 12.1. The minimum Gasteiger partial charge on any atom is -0.454 e. The van der Waals surface area contributed by atoms with Crippen LogP contribution in [0.25, 0.3) is 0 Å². The van der Waals surface area contributed by atoms with Crippen molar-refractivity contribution < 1.29 is 13.9 Å². The number of pyridine rings is 1. The zero-order valence-corrected chi connectivity index (χ0v) is 14.3. The summed E-state index contributed by atoms with van der Waals surface area (Å²) in [7, 11) is 0. The summed E-state index contributed by atoms with van der Waals surface area (Å²) in [6.07, 6.45) is 1.69. The molecule has 1 amide bonds. The number of furan rings is 1. The van der Waals surface area contributed by atoms with Gasteiger partial charge in [0.05, 0.1) is 19.8 Å². The van der Waals surface area contributed by atoms with E-state index in [0.717, 1.165) is 32.8 Å². The molecule has 1 saturated heterocycles. The number of ether oxygens (including phenoxy) is 1. The summed E-state index contributed by atoms with van der Waals surface area (Å²) in [5.74, 6) is 0.583. The van der Waals surface area contributed by atoms with Crippen LogP contribution in [-0.2, 0) is 11.3 Å². The lowest BCUT2D eigenvalue weighted by Gasteiger charge is -2.29. The van der Waals surface area contributed by atoms with Gasteiger partial charge in [0.2, 0.25) is 0 Å². The van der Waals surface area contributed by atoms with Crippen molar-refractivity contribution in [2.75, 3.05) is 32.8 Å². The van der Waals surface area contributed by atoms with E-state index in [1.807, 2.05) is 6.92 Å². The molecule has 0 radical (unpaired) electrons. The van der Waals surface area contributed by atoms with Gasteiger partial charge < -0.3 is 19.0 Å². The Hall–Kier alpha value is -2.38. The summed E-state index contributed by atoms with van der Waals surface area (Å²) in [6.45, 7) is 6.30.